The Morgan fingerprint density at radius 2 is 2.19 bits per heavy atom. The number of benzene rings is 1. The maximum Gasteiger partial charge on any atom is 0.176 e. The van der Waals surface area contributed by atoms with Gasteiger partial charge in [0.2, 0.25) is 0 Å². The number of aromatic nitrogens is 3. The Balaban J connectivity index is 1.72. The van der Waals surface area contributed by atoms with Gasteiger partial charge in [-0.1, -0.05) is 23.4 Å². The van der Waals surface area contributed by atoms with Gasteiger partial charge in [-0.05, 0) is 12.1 Å². The predicted molar refractivity (Wildman–Crippen MR) is 96.8 cm³/mol. The number of rotatable bonds is 7. The first-order valence-electron chi connectivity index (χ1n) is 8.57. The second-order valence-electron chi connectivity index (χ2n) is 6.28. The quantitative estimate of drug-likeness (QED) is 0.574. The van der Waals surface area contributed by atoms with Crippen LogP contribution in [-0.2, 0) is 16.0 Å². The topological polar surface area (TPSA) is 125 Å². The van der Waals surface area contributed by atoms with Crippen LogP contribution in [0.4, 0.5) is 0 Å². The van der Waals surface area contributed by atoms with Gasteiger partial charge in [0.15, 0.2) is 6.29 Å². The standard InChI is InChI=1S/C18H24N4O5/c1-3-7-26-18-15(19)17(24)16(23)14(27-18)10-22-9-13(20-21-22)11-5-4-6-12(8-11)25-2/h3-6,8-9,14-18,23-24H,1,7,10,19H2,2H3/t14-,15-,16+,17-,18+/m1/s1. The number of ether oxygens (including phenoxy) is 3. The Morgan fingerprint density at radius 1 is 1.37 bits per heavy atom. The number of nitrogens with zero attached hydrogens (tertiary/aromatic N) is 3. The first-order chi connectivity index (χ1) is 13.0. The molecule has 1 aliphatic rings. The predicted octanol–water partition coefficient (Wildman–Crippen LogP) is -0.0697. The monoisotopic (exact) mass is 376 g/mol. The van der Waals surface area contributed by atoms with Gasteiger partial charge in [-0.3, -0.25) is 0 Å². The van der Waals surface area contributed by atoms with Crippen LogP contribution in [-0.4, -0.2) is 69.6 Å². The molecule has 0 radical (unpaired) electrons. The second-order valence-corrected chi connectivity index (χ2v) is 6.28. The van der Waals surface area contributed by atoms with Crippen molar-refractivity contribution in [3.8, 4) is 17.0 Å². The van der Waals surface area contributed by atoms with Crippen LogP contribution in [0.25, 0.3) is 11.3 Å². The number of aliphatic hydroxyl groups excluding tert-OH is 2. The lowest BCUT2D eigenvalue weighted by atomic mass is 9.97. The molecule has 2 aromatic rings. The van der Waals surface area contributed by atoms with E-state index in [1.807, 2.05) is 24.3 Å². The van der Waals surface area contributed by atoms with Crippen molar-refractivity contribution in [1.82, 2.24) is 15.0 Å². The van der Waals surface area contributed by atoms with E-state index < -0.39 is 30.6 Å². The molecule has 1 aliphatic heterocycles. The maximum atomic E-state index is 10.3. The van der Waals surface area contributed by atoms with Crippen LogP contribution < -0.4 is 10.5 Å². The fourth-order valence-electron chi connectivity index (χ4n) is 2.90. The third-order valence-electron chi connectivity index (χ3n) is 4.40. The molecule has 3 rings (SSSR count). The van der Waals surface area contributed by atoms with Gasteiger partial charge in [0.05, 0.1) is 32.5 Å². The van der Waals surface area contributed by atoms with Gasteiger partial charge in [-0.15, -0.1) is 11.7 Å². The van der Waals surface area contributed by atoms with Gasteiger partial charge < -0.3 is 30.2 Å². The number of hydrogen-bond donors (Lipinski definition) is 3. The van der Waals surface area contributed by atoms with Crippen molar-refractivity contribution in [2.45, 2.75) is 37.2 Å². The van der Waals surface area contributed by atoms with Crippen LogP contribution in [0.1, 0.15) is 0 Å². The summed E-state index contributed by atoms with van der Waals surface area (Å²) in [5, 5.41) is 28.7. The molecule has 0 unspecified atom stereocenters. The van der Waals surface area contributed by atoms with Crippen molar-refractivity contribution >= 4 is 0 Å². The minimum absolute atomic E-state index is 0.176. The number of methoxy groups -OCH3 is 1. The molecular formula is C18H24N4O5. The van der Waals surface area contributed by atoms with E-state index in [0.717, 1.165) is 5.56 Å². The highest BCUT2D eigenvalue weighted by Crippen LogP contribution is 2.24. The number of aliphatic hydroxyl groups is 2. The highest BCUT2D eigenvalue weighted by Gasteiger charge is 2.43. The molecule has 5 atom stereocenters. The first-order valence-corrected chi connectivity index (χ1v) is 8.57. The van der Waals surface area contributed by atoms with Crippen molar-refractivity contribution < 1.29 is 24.4 Å². The highest BCUT2D eigenvalue weighted by molar-refractivity contribution is 5.59. The lowest BCUT2D eigenvalue weighted by Gasteiger charge is -2.40. The van der Waals surface area contributed by atoms with E-state index in [9.17, 15) is 10.2 Å². The fraction of sp³-hybridized carbons (Fsp3) is 0.444. The van der Waals surface area contributed by atoms with Crippen LogP contribution in [0, 0.1) is 0 Å². The van der Waals surface area contributed by atoms with Crippen molar-refractivity contribution in [1.29, 1.82) is 0 Å². The molecule has 0 saturated carbocycles. The average Bonchev–Trinajstić information content (AvgIpc) is 3.16. The Labute approximate surface area is 157 Å². The zero-order valence-electron chi connectivity index (χ0n) is 15.0. The molecule has 9 nitrogen and oxygen atoms in total. The highest BCUT2D eigenvalue weighted by atomic mass is 16.7. The van der Waals surface area contributed by atoms with Gasteiger partial charge >= 0.3 is 0 Å². The van der Waals surface area contributed by atoms with Gasteiger partial charge in [0.25, 0.3) is 0 Å². The third-order valence-corrected chi connectivity index (χ3v) is 4.40. The van der Waals surface area contributed by atoms with Crippen LogP contribution in [0.5, 0.6) is 5.75 Å². The Morgan fingerprint density at radius 3 is 2.93 bits per heavy atom. The third kappa shape index (κ3) is 4.34. The van der Waals surface area contributed by atoms with Crippen LogP contribution in [0.2, 0.25) is 0 Å². The van der Waals surface area contributed by atoms with E-state index in [0.29, 0.717) is 11.4 Å². The minimum atomic E-state index is -1.18. The molecule has 0 aliphatic carbocycles. The van der Waals surface area contributed by atoms with Crippen molar-refractivity contribution in [3.63, 3.8) is 0 Å². The summed E-state index contributed by atoms with van der Waals surface area (Å²) >= 11 is 0. The SMILES string of the molecule is C=CCO[C@H]1O[C@H](Cn2cc(-c3cccc(OC)c3)nn2)[C@H](O)[C@H](O)[C@H]1N. The summed E-state index contributed by atoms with van der Waals surface area (Å²) in [4.78, 5) is 0. The molecular weight excluding hydrogens is 352 g/mol. The smallest absolute Gasteiger partial charge is 0.176 e. The Kier molecular flexibility index (Phi) is 6.19. The van der Waals surface area contributed by atoms with Crippen LogP contribution in [0.15, 0.2) is 43.1 Å². The molecule has 1 fully saturated rings. The lowest BCUT2D eigenvalue weighted by molar-refractivity contribution is -0.259. The van der Waals surface area contributed by atoms with Gasteiger partial charge in [0, 0.05) is 5.56 Å². The van der Waals surface area contributed by atoms with E-state index in [-0.39, 0.29) is 13.2 Å². The molecule has 4 N–H and O–H groups in total. The lowest BCUT2D eigenvalue weighted by Crippen LogP contribution is -2.62. The van der Waals surface area contributed by atoms with E-state index in [4.69, 9.17) is 19.9 Å². The molecule has 0 amide bonds. The van der Waals surface area contributed by atoms with E-state index in [2.05, 4.69) is 16.9 Å². The number of nitrogens with two attached hydrogens (primary N) is 1. The number of hydrogen-bond acceptors (Lipinski definition) is 8. The summed E-state index contributed by atoms with van der Waals surface area (Å²) in [7, 11) is 1.60. The molecule has 27 heavy (non-hydrogen) atoms. The normalized spacial score (nSPS) is 28.1. The summed E-state index contributed by atoms with van der Waals surface area (Å²) < 4.78 is 17.9. The van der Waals surface area contributed by atoms with E-state index >= 15 is 0 Å². The second kappa shape index (κ2) is 8.59. The summed E-state index contributed by atoms with van der Waals surface area (Å²) in [5.41, 5.74) is 7.37. The molecule has 1 aromatic heterocycles. The minimum Gasteiger partial charge on any atom is -0.497 e. The Hall–Kier alpha value is -2.30. The first kappa shape index (κ1) is 19.5. The van der Waals surface area contributed by atoms with Gasteiger partial charge in [0.1, 0.15) is 29.8 Å². The van der Waals surface area contributed by atoms with Crippen LogP contribution >= 0.6 is 0 Å². The van der Waals surface area contributed by atoms with Crippen molar-refractivity contribution in [2.24, 2.45) is 5.73 Å². The van der Waals surface area contributed by atoms with Crippen molar-refractivity contribution in [2.75, 3.05) is 13.7 Å². The molecule has 1 saturated heterocycles. The van der Waals surface area contributed by atoms with E-state index in [1.54, 1.807) is 19.4 Å². The van der Waals surface area contributed by atoms with Gasteiger partial charge in [-0.2, -0.15) is 0 Å². The fourth-order valence-corrected chi connectivity index (χ4v) is 2.90. The zero-order chi connectivity index (χ0) is 19.4. The average molecular weight is 376 g/mol. The summed E-state index contributed by atoms with van der Waals surface area (Å²) in [6.45, 7) is 3.97. The zero-order valence-corrected chi connectivity index (χ0v) is 15.0. The summed E-state index contributed by atoms with van der Waals surface area (Å²) in [5.74, 6) is 0.715. The van der Waals surface area contributed by atoms with E-state index in [1.165, 1.54) is 4.68 Å². The van der Waals surface area contributed by atoms with Crippen molar-refractivity contribution in [3.05, 3.63) is 43.1 Å². The van der Waals surface area contributed by atoms with Gasteiger partial charge in [-0.25, -0.2) is 4.68 Å². The molecule has 0 bridgehead atoms. The molecule has 0 spiro atoms. The molecule has 1 aromatic carbocycles. The maximum absolute atomic E-state index is 10.3. The molecule has 146 valence electrons. The largest absolute Gasteiger partial charge is 0.497 e. The van der Waals surface area contributed by atoms with Crippen LogP contribution in [0.3, 0.4) is 0 Å². The Bertz CT molecular complexity index is 768. The summed E-state index contributed by atoms with van der Waals surface area (Å²) in [6, 6.07) is 6.58. The molecule has 2 heterocycles. The molecule has 9 heteroatoms. The summed E-state index contributed by atoms with van der Waals surface area (Å²) in [6.07, 6.45) is -0.679.